The van der Waals surface area contributed by atoms with E-state index in [0.717, 1.165) is 10.4 Å². The molecule has 0 aliphatic carbocycles. The van der Waals surface area contributed by atoms with Crippen LogP contribution in [0.4, 0.5) is 0 Å². The lowest BCUT2D eigenvalue weighted by Gasteiger charge is -2.16. The molecule has 0 aliphatic heterocycles. The second-order valence-electron chi connectivity index (χ2n) is 4.44. The van der Waals surface area contributed by atoms with Gasteiger partial charge in [-0.2, -0.15) is 0 Å². The van der Waals surface area contributed by atoms with Gasteiger partial charge in [-0.1, -0.05) is 36.4 Å². The molecule has 2 rings (SSSR count). The summed E-state index contributed by atoms with van der Waals surface area (Å²) in [7, 11) is 0. The lowest BCUT2D eigenvalue weighted by molar-refractivity contribution is -0.115. The van der Waals surface area contributed by atoms with E-state index in [0.29, 0.717) is 5.11 Å². The second kappa shape index (κ2) is 7.71. The van der Waals surface area contributed by atoms with Crippen molar-refractivity contribution in [3.8, 4) is 0 Å². The van der Waals surface area contributed by atoms with Crippen LogP contribution in [0, 0.1) is 0 Å². The molecule has 0 bridgehead atoms. The molecule has 1 aromatic heterocycles. The first-order chi connectivity index (χ1) is 10.1. The standard InChI is InChI=1S/C16H16N2OS2/c1-12(13-6-3-2-4-7-13)17-16(20)18-15(19)10-9-14-8-5-11-21-14/h2-12H,1H3,(H2,17,18,19,20)/b10-9+. The van der Waals surface area contributed by atoms with Crippen LogP contribution < -0.4 is 10.6 Å². The normalized spacial score (nSPS) is 12.0. The molecule has 1 atom stereocenters. The Bertz CT molecular complexity index is 621. The number of hydrogen-bond donors (Lipinski definition) is 2. The number of thiocarbonyl (C=S) groups is 1. The molecule has 0 aliphatic rings. The van der Waals surface area contributed by atoms with Crippen molar-refractivity contribution >= 4 is 40.7 Å². The SMILES string of the molecule is CC(NC(=S)NC(=O)/C=C/c1cccs1)c1ccccc1. The lowest BCUT2D eigenvalue weighted by Crippen LogP contribution is -2.39. The van der Waals surface area contributed by atoms with E-state index in [9.17, 15) is 4.79 Å². The third kappa shape index (κ3) is 5.13. The molecule has 0 radical (unpaired) electrons. The van der Waals surface area contributed by atoms with Gasteiger partial charge in [0, 0.05) is 11.0 Å². The van der Waals surface area contributed by atoms with Crippen LogP contribution in [-0.2, 0) is 4.79 Å². The number of thiophene rings is 1. The molecular weight excluding hydrogens is 300 g/mol. The zero-order valence-electron chi connectivity index (χ0n) is 11.6. The van der Waals surface area contributed by atoms with Crippen molar-refractivity contribution in [1.29, 1.82) is 0 Å². The van der Waals surface area contributed by atoms with Crippen molar-refractivity contribution in [2.45, 2.75) is 13.0 Å². The van der Waals surface area contributed by atoms with Gasteiger partial charge >= 0.3 is 0 Å². The van der Waals surface area contributed by atoms with E-state index in [1.165, 1.54) is 6.08 Å². The molecule has 5 heteroatoms. The summed E-state index contributed by atoms with van der Waals surface area (Å²) in [6, 6.07) is 13.9. The van der Waals surface area contributed by atoms with Crippen LogP contribution in [0.5, 0.6) is 0 Å². The highest BCUT2D eigenvalue weighted by Gasteiger charge is 2.07. The molecule has 21 heavy (non-hydrogen) atoms. The second-order valence-corrected chi connectivity index (χ2v) is 5.83. The van der Waals surface area contributed by atoms with Crippen LogP contribution in [0.1, 0.15) is 23.4 Å². The van der Waals surface area contributed by atoms with Crippen molar-refractivity contribution in [3.63, 3.8) is 0 Å². The minimum Gasteiger partial charge on any atom is -0.356 e. The molecule has 1 amide bonds. The van der Waals surface area contributed by atoms with Gasteiger partial charge < -0.3 is 5.32 Å². The predicted molar refractivity (Wildman–Crippen MR) is 92.1 cm³/mol. The molecule has 3 nitrogen and oxygen atoms in total. The summed E-state index contributed by atoms with van der Waals surface area (Å²) in [5.41, 5.74) is 1.11. The van der Waals surface area contributed by atoms with Gasteiger partial charge in [-0.25, -0.2) is 0 Å². The fraction of sp³-hybridized carbons (Fsp3) is 0.125. The maximum atomic E-state index is 11.7. The highest BCUT2D eigenvalue weighted by atomic mass is 32.1. The number of rotatable bonds is 4. The lowest BCUT2D eigenvalue weighted by atomic mass is 10.1. The molecule has 2 N–H and O–H groups in total. The van der Waals surface area contributed by atoms with Gasteiger partial charge in [0.15, 0.2) is 5.11 Å². The first kappa shape index (κ1) is 15.4. The third-order valence-electron chi connectivity index (χ3n) is 2.83. The number of hydrogen-bond acceptors (Lipinski definition) is 3. The summed E-state index contributed by atoms with van der Waals surface area (Å²) in [5.74, 6) is -0.235. The average molecular weight is 316 g/mol. The van der Waals surface area contributed by atoms with Gasteiger partial charge in [0.05, 0.1) is 6.04 Å². The van der Waals surface area contributed by atoms with Crippen molar-refractivity contribution < 1.29 is 4.79 Å². The monoisotopic (exact) mass is 316 g/mol. The summed E-state index contributed by atoms with van der Waals surface area (Å²) in [6.07, 6.45) is 3.25. The van der Waals surface area contributed by atoms with Crippen LogP contribution >= 0.6 is 23.6 Å². The van der Waals surface area contributed by atoms with Crippen LogP contribution in [-0.4, -0.2) is 11.0 Å². The Morgan fingerprint density at radius 2 is 2.00 bits per heavy atom. The van der Waals surface area contributed by atoms with Gasteiger partial charge in [0.2, 0.25) is 5.91 Å². The summed E-state index contributed by atoms with van der Waals surface area (Å²) in [5, 5.41) is 8.02. The Balaban J connectivity index is 1.83. The molecule has 1 heterocycles. The topological polar surface area (TPSA) is 41.1 Å². The number of carbonyl (C=O) groups excluding carboxylic acids is 1. The van der Waals surface area contributed by atoms with Crippen molar-refractivity contribution in [2.75, 3.05) is 0 Å². The molecule has 2 aromatic rings. The van der Waals surface area contributed by atoms with Gasteiger partial charge in [0.25, 0.3) is 0 Å². The Morgan fingerprint density at radius 3 is 2.67 bits per heavy atom. The Morgan fingerprint density at radius 1 is 1.24 bits per heavy atom. The summed E-state index contributed by atoms with van der Waals surface area (Å²) < 4.78 is 0. The molecule has 0 spiro atoms. The minimum atomic E-state index is -0.235. The maximum Gasteiger partial charge on any atom is 0.250 e. The quantitative estimate of drug-likeness (QED) is 0.670. The summed E-state index contributed by atoms with van der Waals surface area (Å²) >= 11 is 6.72. The van der Waals surface area contributed by atoms with Gasteiger partial charge in [-0.15, -0.1) is 11.3 Å². The van der Waals surface area contributed by atoms with Crippen molar-refractivity contribution in [1.82, 2.24) is 10.6 Å². The molecule has 108 valence electrons. The van der Waals surface area contributed by atoms with Gasteiger partial charge in [0.1, 0.15) is 0 Å². The molecule has 0 saturated carbocycles. The Labute approximate surface area is 133 Å². The molecular formula is C16H16N2OS2. The smallest absolute Gasteiger partial charge is 0.250 e. The molecule has 0 saturated heterocycles. The largest absolute Gasteiger partial charge is 0.356 e. The van der Waals surface area contributed by atoms with E-state index in [-0.39, 0.29) is 11.9 Å². The van der Waals surface area contributed by atoms with E-state index in [4.69, 9.17) is 12.2 Å². The fourth-order valence-electron chi connectivity index (χ4n) is 1.76. The van der Waals surface area contributed by atoms with Gasteiger partial charge in [-0.3, -0.25) is 10.1 Å². The maximum absolute atomic E-state index is 11.7. The molecule has 1 aromatic carbocycles. The van der Waals surface area contributed by atoms with E-state index < -0.39 is 0 Å². The van der Waals surface area contributed by atoms with Crippen molar-refractivity contribution in [3.05, 3.63) is 64.4 Å². The van der Waals surface area contributed by atoms with E-state index >= 15 is 0 Å². The minimum absolute atomic E-state index is 0.0419. The fourth-order valence-corrected chi connectivity index (χ4v) is 2.65. The van der Waals surface area contributed by atoms with Crippen LogP contribution in [0.15, 0.2) is 53.9 Å². The summed E-state index contributed by atoms with van der Waals surface area (Å²) in [6.45, 7) is 2.00. The summed E-state index contributed by atoms with van der Waals surface area (Å²) in [4.78, 5) is 12.8. The van der Waals surface area contributed by atoms with E-state index in [1.807, 2.05) is 54.8 Å². The van der Waals surface area contributed by atoms with E-state index in [2.05, 4.69) is 10.6 Å². The molecule has 0 fully saturated rings. The number of nitrogens with one attached hydrogen (secondary N) is 2. The molecule has 1 unspecified atom stereocenters. The third-order valence-corrected chi connectivity index (χ3v) is 3.88. The highest BCUT2D eigenvalue weighted by Crippen LogP contribution is 2.11. The van der Waals surface area contributed by atoms with Crippen LogP contribution in [0.25, 0.3) is 6.08 Å². The number of carbonyl (C=O) groups is 1. The first-order valence-electron chi connectivity index (χ1n) is 6.53. The number of benzene rings is 1. The number of amides is 1. The van der Waals surface area contributed by atoms with Crippen molar-refractivity contribution in [2.24, 2.45) is 0 Å². The van der Waals surface area contributed by atoms with Crippen LogP contribution in [0.3, 0.4) is 0 Å². The highest BCUT2D eigenvalue weighted by molar-refractivity contribution is 7.80. The Kier molecular flexibility index (Phi) is 5.66. The average Bonchev–Trinajstić information content (AvgIpc) is 2.99. The Hall–Kier alpha value is -1.98. The first-order valence-corrected chi connectivity index (χ1v) is 7.82. The predicted octanol–water partition coefficient (Wildman–Crippen LogP) is 3.51. The van der Waals surface area contributed by atoms with Gasteiger partial charge in [-0.05, 0) is 42.2 Å². The zero-order valence-corrected chi connectivity index (χ0v) is 13.2. The zero-order chi connectivity index (χ0) is 15.1. The van der Waals surface area contributed by atoms with Crippen LogP contribution in [0.2, 0.25) is 0 Å². The van der Waals surface area contributed by atoms with E-state index in [1.54, 1.807) is 17.4 Å².